The molecule has 22 heavy (non-hydrogen) atoms. The average Bonchev–Trinajstić information content (AvgIpc) is 2.87. The van der Waals surface area contributed by atoms with E-state index in [2.05, 4.69) is 22.1 Å². The summed E-state index contributed by atoms with van der Waals surface area (Å²) in [6, 6.07) is 3.46. The van der Waals surface area contributed by atoms with E-state index < -0.39 is 0 Å². The number of aromatic hydroxyl groups is 1. The van der Waals surface area contributed by atoms with Gasteiger partial charge in [-0.2, -0.15) is 0 Å². The zero-order valence-corrected chi connectivity index (χ0v) is 14.9. The molecule has 0 aliphatic rings. The Balaban J connectivity index is 2.04. The molecule has 117 valence electrons. The summed E-state index contributed by atoms with van der Waals surface area (Å²) in [5, 5.41) is 20.0. The van der Waals surface area contributed by atoms with Gasteiger partial charge in [-0.05, 0) is 0 Å². The number of aromatic amines is 1. The molecule has 1 aromatic carbocycles. The number of hydrogen-bond donors (Lipinski definition) is 3. The van der Waals surface area contributed by atoms with E-state index in [4.69, 9.17) is 5.73 Å². The van der Waals surface area contributed by atoms with Crippen molar-refractivity contribution < 1.29 is 5.11 Å². The fraction of sp³-hybridized carbons (Fsp3) is 0.375. The summed E-state index contributed by atoms with van der Waals surface area (Å²) in [5.74, 6) is 0.253. The number of nitrogens with two attached hydrogens (primary N) is 1. The van der Waals surface area contributed by atoms with Gasteiger partial charge in [0, 0.05) is 0 Å². The van der Waals surface area contributed by atoms with E-state index in [1.807, 2.05) is 13.1 Å². The second kappa shape index (κ2) is 8.04. The number of aromatic nitrogens is 1. The molecule has 6 heteroatoms. The van der Waals surface area contributed by atoms with Crippen molar-refractivity contribution in [3.05, 3.63) is 29.5 Å². The van der Waals surface area contributed by atoms with Crippen molar-refractivity contribution in [1.29, 1.82) is 0 Å². The van der Waals surface area contributed by atoms with Crippen LogP contribution < -0.4 is 5.73 Å². The molecule has 1 aromatic heterocycles. The number of amidine groups is 1. The Bertz CT molecular complexity index is 691. The van der Waals surface area contributed by atoms with Crippen molar-refractivity contribution in [3.63, 3.8) is 0 Å². The van der Waals surface area contributed by atoms with E-state index in [1.165, 1.54) is 19.3 Å². The molecule has 2 rings (SSSR count). The standard InChI is InChI=1S/C16H22AsN4O/c1-3-4-5-6-17-16(18)21-20-10-12-9-19-15-11(2)7-13(22)8-14(12)15/h7-10,19,22H,3-6H2,1-2H3,(H2,18,21). The average molecular weight is 361 g/mol. The molecule has 0 spiro atoms. The number of rotatable bonds is 7. The summed E-state index contributed by atoms with van der Waals surface area (Å²) in [6.45, 7) is 4.15. The first-order chi connectivity index (χ1) is 10.6. The summed E-state index contributed by atoms with van der Waals surface area (Å²) in [4.78, 5) is 3.19. The predicted molar refractivity (Wildman–Crippen MR) is 94.0 cm³/mol. The number of nitrogens with zero attached hydrogens (tertiary/aromatic N) is 2. The molecule has 1 heterocycles. The van der Waals surface area contributed by atoms with Crippen LogP contribution in [0, 0.1) is 6.92 Å². The monoisotopic (exact) mass is 361 g/mol. The van der Waals surface area contributed by atoms with E-state index in [-0.39, 0.29) is 21.5 Å². The fourth-order valence-electron chi connectivity index (χ4n) is 2.26. The van der Waals surface area contributed by atoms with Gasteiger partial charge >= 0.3 is 137 Å². The van der Waals surface area contributed by atoms with E-state index in [0.29, 0.717) is 4.62 Å². The molecule has 0 saturated carbocycles. The molecule has 0 atom stereocenters. The van der Waals surface area contributed by atoms with E-state index in [0.717, 1.165) is 27.2 Å². The van der Waals surface area contributed by atoms with Crippen LogP contribution in [0.4, 0.5) is 0 Å². The summed E-state index contributed by atoms with van der Waals surface area (Å²) in [7, 11) is 0. The second-order valence-corrected chi connectivity index (χ2v) is 7.78. The van der Waals surface area contributed by atoms with Crippen molar-refractivity contribution in [2.75, 3.05) is 0 Å². The Kier molecular flexibility index (Phi) is 6.08. The number of H-pyrrole nitrogens is 1. The third-order valence-electron chi connectivity index (χ3n) is 3.40. The quantitative estimate of drug-likeness (QED) is 0.233. The number of benzene rings is 1. The SMILES string of the molecule is CCCCC[As]C(N)=NN=Cc1c[nH]c2c(C)cc(O)cc12. The molecule has 0 unspecified atom stereocenters. The maximum absolute atomic E-state index is 9.71. The Hall–Kier alpha value is -1.74. The molecule has 0 fully saturated rings. The number of fused-ring (bicyclic) bond motifs is 1. The van der Waals surface area contributed by atoms with Crippen molar-refractivity contribution in [3.8, 4) is 5.75 Å². The van der Waals surface area contributed by atoms with Crippen LogP contribution in [0.15, 0.2) is 28.5 Å². The molecule has 0 saturated heterocycles. The molecule has 5 nitrogen and oxygen atoms in total. The van der Waals surface area contributed by atoms with Gasteiger partial charge in [0.15, 0.2) is 0 Å². The Morgan fingerprint density at radius 3 is 3.00 bits per heavy atom. The number of unbranched alkanes of at least 4 members (excludes halogenated alkanes) is 2. The van der Waals surface area contributed by atoms with Gasteiger partial charge in [-0.3, -0.25) is 0 Å². The van der Waals surface area contributed by atoms with Crippen LogP contribution in [0.3, 0.4) is 0 Å². The third-order valence-corrected chi connectivity index (χ3v) is 5.40. The summed E-state index contributed by atoms with van der Waals surface area (Å²) in [5.41, 5.74) is 8.78. The number of phenols is 1. The zero-order valence-electron chi connectivity index (χ0n) is 13.0. The minimum atomic E-state index is -0.0557. The van der Waals surface area contributed by atoms with E-state index >= 15 is 0 Å². The van der Waals surface area contributed by atoms with Crippen LogP contribution in [-0.4, -0.2) is 36.7 Å². The van der Waals surface area contributed by atoms with Gasteiger partial charge in [0.25, 0.3) is 0 Å². The normalized spacial score (nSPS) is 13.1. The number of phenolic OH excluding ortho intramolecular Hbond substituents is 1. The zero-order chi connectivity index (χ0) is 15.9. The Labute approximate surface area is 137 Å². The first-order valence-corrected chi connectivity index (χ1v) is 9.73. The van der Waals surface area contributed by atoms with E-state index in [1.54, 1.807) is 18.3 Å². The predicted octanol–water partition coefficient (Wildman–Crippen LogP) is 3.14. The Morgan fingerprint density at radius 1 is 1.41 bits per heavy atom. The number of nitrogens with one attached hydrogen (secondary N) is 1. The summed E-state index contributed by atoms with van der Waals surface area (Å²) in [6.07, 6.45) is 7.24. The van der Waals surface area contributed by atoms with Gasteiger partial charge in [-0.1, -0.05) is 0 Å². The molecular formula is C16H22AsN4O. The van der Waals surface area contributed by atoms with Gasteiger partial charge in [-0.15, -0.1) is 0 Å². The van der Waals surface area contributed by atoms with E-state index in [9.17, 15) is 5.11 Å². The molecule has 0 bridgehead atoms. The first kappa shape index (κ1) is 16.6. The van der Waals surface area contributed by atoms with Crippen molar-refractivity contribution in [1.82, 2.24) is 4.98 Å². The van der Waals surface area contributed by atoms with Gasteiger partial charge in [-0.25, -0.2) is 0 Å². The summed E-state index contributed by atoms with van der Waals surface area (Å²) >= 11 is -0.0557. The maximum atomic E-state index is 9.71. The fourth-order valence-corrected chi connectivity index (χ4v) is 3.78. The van der Waals surface area contributed by atoms with Gasteiger partial charge in [0.05, 0.1) is 0 Å². The minimum absolute atomic E-state index is 0.0557. The number of hydrogen-bond acceptors (Lipinski definition) is 3. The first-order valence-electron chi connectivity index (χ1n) is 7.46. The van der Waals surface area contributed by atoms with Gasteiger partial charge in [0.1, 0.15) is 0 Å². The molecule has 0 aliphatic heterocycles. The van der Waals surface area contributed by atoms with Gasteiger partial charge < -0.3 is 0 Å². The molecule has 0 aliphatic carbocycles. The topological polar surface area (TPSA) is 86.8 Å². The van der Waals surface area contributed by atoms with Crippen LogP contribution in [-0.2, 0) is 0 Å². The van der Waals surface area contributed by atoms with Crippen LogP contribution in [0.1, 0.15) is 37.3 Å². The van der Waals surface area contributed by atoms with Gasteiger partial charge in [0.2, 0.25) is 0 Å². The van der Waals surface area contributed by atoms with Crippen molar-refractivity contribution in [2.24, 2.45) is 15.9 Å². The second-order valence-electron chi connectivity index (χ2n) is 5.22. The molecule has 0 amide bonds. The molecule has 1 radical (unpaired) electrons. The molecule has 2 aromatic rings. The Morgan fingerprint density at radius 2 is 2.23 bits per heavy atom. The molecule has 4 N–H and O–H groups in total. The van der Waals surface area contributed by atoms with Crippen molar-refractivity contribution in [2.45, 2.75) is 38.3 Å². The van der Waals surface area contributed by atoms with Crippen LogP contribution in [0.2, 0.25) is 5.21 Å². The van der Waals surface area contributed by atoms with Crippen LogP contribution in [0.5, 0.6) is 5.75 Å². The van der Waals surface area contributed by atoms with Crippen LogP contribution in [0.25, 0.3) is 10.9 Å². The van der Waals surface area contributed by atoms with Crippen molar-refractivity contribution >= 4 is 37.5 Å². The number of aryl methyl sites for hydroxylation is 1. The van der Waals surface area contributed by atoms with Crippen LogP contribution >= 0.6 is 0 Å². The summed E-state index contributed by atoms with van der Waals surface area (Å²) < 4.78 is 0.655. The molecular weight excluding hydrogens is 339 g/mol. The third kappa shape index (κ3) is 4.37.